The van der Waals surface area contributed by atoms with Gasteiger partial charge in [0.2, 0.25) is 0 Å². The highest BCUT2D eigenvalue weighted by molar-refractivity contribution is 5.77. The Bertz CT molecular complexity index is 2750. The summed E-state index contributed by atoms with van der Waals surface area (Å²) in [6.45, 7) is 53.7. The molecular weight excluding hydrogens is 1400 g/mol. The van der Waals surface area contributed by atoms with Gasteiger partial charge in [0.05, 0.1) is 33.5 Å². The minimum atomic E-state index is -4.49. The molecular formula is C86H147F9O12. The van der Waals surface area contributed by atoms with Crippen LogP contribution in [-0.2, 0) is 62.6 Å². The molecule has 626 valence electrons. The highest BCUT2D eigenvalue weighted by Gasteiger charge is 2.54. The monoisotopic (exact) mass is 1540 g/mol. The molecule has 4 bridgehead atoms. The molecule has 1 aromatic carbocycles. The summed E-state index contributed by atoms with van der Waals surface area (Å²) < 4.78 is 137. The van der Waals surface area contributed by atoms with Crippen molar-refractivity contribution in [2.24, 2.45) is 74.4 Å². The van der Waals surface area contributed by atoms with E-state index >= 15 is 0 Å². The van der Waals surface area contributed by atoms with E-state index in [1.165, 1.54) is 82.3 Å². The number of rotatable bonds is 21. The molecule has 107 heavy (non-hydrogen) atoms. The van der Waals surface area contributed by atoms with Crippen molar-refractivity contribution in [1.82, 2.24) is 0 Å². The first-order valence-corrected chi connectivity index (χ1v) is 40.1. The van der Waals surface area contributed by atoms with Gasteiger partial charge in [0.15, 0.2) is 18.8 Å². The van der Waals surface area contributed by atoms with E-state index in [0.717, 1.165) is 94.8 Å². The molecule has 12 nitrogen and oxygen atoms in total. The molecule has 0 aromatic heterocycles. The highest BCUT2D eigenvalue weighted by Crippen LogP contribution is 2.57. The van der Waals surface area contributed by atoms with E-state index in [9.17, 15) is 68.3 Å². The van der Waals surface area contributed by atoms with Crippen LogP contribution >= 0.6 is 0 Å². The molecule has 6 aliphatic carbocycles. The molecule has 0 amide bonds. The van der Waals surface area contributed by atoms with Crippen LogP contribution in [0.3, 0.4) is 0 Å². The van der Waals surface area contributed by atoms with Gasteiger partial charge in [-0.3, -0.25) is 28.8 Å². The molecule has 21 heteroatoms. The molecule has 0 radical (unpaired) electrons. The largest absolute Gasteiger partial charge is 0.462 e. The topological polar surface area (TPSA) is 158 Å². The van der Waals surface area contributed by atoms with Crippen LogP contribution in [0.1, 0.15) is 353 Å². The van der Waals surface area contributed by atoms with Gasteiger partial charge in [-0.2, -0.15) is 39.5 Å². The van der Waals surface area contributed by atoms with Crippen LogP contribution in [-0.4, -0.2) is 90.5 Å². The molecule has 7 rings (SSSR count). The normalized spacial score (nSPS) is 23.2. The molecule has 0 saturated heterocycles. The molecule has 1 aromatic rings. The summed E-state index contributed by atoms with van der Waals surface area (Å²) in [5.41, 5.74) is 0.778. The van der Waals surface area contributed by atoms with Gasteiger partial charge in [-0.15, -0.1) is 0 Å². The number of alkyl halides is 9. The number of halogens is 9. The summed E-state index contributed by atoms with van der Waals surface area (Å²) in [6, 6.07) is 9.08. The lowest BCUT2D eigenvalue weighted by Gasteiger charge is -2.55. The third-order valence-electron chi connectivity index (χ3n) is 23.4. The van der Waals surface area contributed by atoms with Crippen molar-refractivity contribution in [2.75, 3.05) is 6.61 Å². The van der Waals surface area contributed by atoms with Crippen molar-refractivity contribution in [3.8, 4) is 0 Å². The van der Waals surface area contributed by atoms with Gasteiger partial charge < -0.3 is 28.4 Å². The fourth-order valence-corrected chi connectivity index (χ4v) is 12.8. The Morgan fingerprint density at radius 3 is 1.20 bits per heavy atom. The zero-order valence-electron chi connectivity index (χ0n) is 71.6. The van der Waals surface area contributed by atoms with E-state index in [0.29, 0.717) is 36.5 Å². The van der Waals surface area contributed by atoms with Gasteiger partial charge >= 0.3 is 54.3 Å². The summed E-state index contributed by atoms with van der Waals surface area (Å²) in [5, 5.41) is 0. The maximum Gasteiger partial charge on any atom is 0.425 e. The molecule has 5 unspecified atom stereocenters. The molecule has 6 saturated carbocycles. The van der Waals surface area contributed by atoms with Gasteiger partial charge in [0.1, 0.15) is 17.3 Å². The third kappa shape index (κ3) is 37.1. The summed E-state index contributed by atoms with van der Waals surface area (Å²) in [7, 11) is 0. The van der Waals surface area contributed by atoms with E-state index in [-0.39, 0.29) is 57.4 Å². The Labute approximate surface area is 641 Å². The fourth-order valence-electron chi connectivity index (χ4n) is 12.8. The number of hydrogen-bond acceptors (Lipinski definition) is 12. The smallest absolute Gasteiger partial charge is 0.425 e. The maximum atomic E-state index is 12.2. The Morgan fingerprint density at radius 1 is 0.458 bits per heavy atom. The lowest BCUT2D eigenvalue weighted by molar-refractivity contribution is -0.221. The minimum Gasteiger partial charge on any atom is -0.462 e. The fraction of sp³-hybridized carbons (Fsp3) is 0.860. The van der Waals surface area contributed by atoms with Crippen LogP contribution in [0.25, 0.3) is 0 Å². The molecule has 0 N–H and O–H groups in total. The number of esters is 6. The Balaban J connectivity index is 0.00000123. The maximum absolute atomic E-state index is 12.2. The summed E-state index contributed by atoms with van der Waals surface area (Å²) in [4.78, 5) is 69.4. The minimum absolute atomic E-state index is 0.0239. The first-order chi connectivity index (χ1) is 48.5. The first-order valence-electron chi connectivity index (χ1n) is 40.1. The van der Waals surface area contributed by atoms with Gasteiger partial charge in [-0.25, -0.2) is 0 Å². The van der Waals surface area contributed by atoms with Crippen LogP contribution in [0.15, 0.2) is 24.3 Å². The Kier molecular flexibility index (Phi) is 41.6. The van der Waals surface area contributed by atoms with Crippen LogP contribution in [0.5, 0.6) is 0 Å². The lowest BCUT2D eigenvalue weighted by Crippen LogP contribution is -2.53. The summed E-state index contributed by atoms with van der Waals surface area (Å²) in [6.07, 6.45) is 4.86. The van der Waals surface area contributed by atoms with Crippen LogP contribution in [0.2, 0.25) is 0 Å². The van der Waals surface area contributed by atoms with Crippen molar-refractivity contribution in [2.45, 2.75) is 395 Å². The quantitative estimate of drug-likeness (QED) is 0.0653. The molecule has 0 spiro atoms. The second-order valence-electron chi connectivity index (χ2n) is 36.9. The SMILES string of the molecule is CCC(C)(C)C(=O)OC(C)(C)C1CCC(C)CC1.CCC(C)(C)C(=O)OC(C)C(F)(F)F.CCC(C)(C)C(=O)OC1CCC(C(C)(C)C)CC1.CCC(C)(C)C(=O)OCC(F)(F)F.CCC(C)C(=O)OC(C)C(F)(F)F.CCC(C)C(=O)OC12CC3CC(CC(C3)C1)C2.CCC(C)c1ccc(C(C)(C)C)cc1. The van der Waals surface area contributed by atoms with Crippen molar-refractivity contribution < 1.29 is 96.7 Å². The molecule has 0 heterocycles. The number of hydrogen-bond donors (Lipinski definition) is 0. The summed E-state index contributed by atoms with van der Waals surface area (Å²) >= 11 is 0. The van der Waals surface area contributed by atoms with Crippen molar-refractivity contribution in [1.29, 1.82) is 0 Å². The average Bonchev–Trinajstić information content (AvgIpc) is 0.748. The van der Waals surface area contributed by atoms with E-state index in [4.69, 9.17) is 14.2 Å². The predicted octanol–water partition coefficient (Wildman–Crippen LogP) is 25.2. The van der Waals surface area contributed by atoms with Crippen LogP contribution in [0, 0.1) is 74.4 Å². The van der Waals surface area contributed by atoms with Gasteiger partial charge in [-0.05, 0) is 268 Å². The van der Waals surface area contributed by atoms with Crippen molar-refractivity contribution in [3.63, 3.8) is 0 Å². The summed E-state index contributed by atoms with van der Waals surface area (Å²) in [5.74, 6) is 2.51. The number of ether oxygens (including phenoxy) is 6. The standard InChI is InChI=1S/2C16H30O2.C15H24O2.C14H22.C9H15F3O2.2C8H13F3O2/c1-7-16(5,6)14(17)18-13-10-8-12(9-11-13)15(2,3)4;1-7-15(3,4)14(17)18-16(5,6)13-10-8-12(2)9-11-13;1-3-10(2)14(16)17-15-7-11-4-12(8-15)6-13(5-11)9-15;1-6-11(2)12-7-9-13(10-8-12)14(3,4)5;1-5-8(3,4)7(13)14-6(2)9(10,11)12;1-4-7(2,3)6(12)13-5-8(9,10)11;1-4-5(2)7(12)13-6(3)8(9,10)11/h2*12-13H,7-11H2,1-6H3;10-13H,3-9H2,1-2H3;7-11H,6H2,1-5H3;6H,5H2,1-4H3;4-5H2,1-3H3;5-6H,4H2,1-3H3. The van der Waals surface area contributed by atoms with E-state index in [1.54, 1.807) is 48.5 Å². The number of benzene rings is 1. The van der Waals surface area contributed by atoms with E-state index in [1.807, 2.05) is 48.5 Å². The molecule has 6 fully saturated rings. The predicted molar refractivity (Wildman–Crippen MR) is 409 cm³/mol. The Hall–Kier alpha value is -4.59. The Morgan fingerprint density at radius 2 is 0.832 bits per heavy atom. The lowest BCUT2D eigenvalue weighted by atomic mass is 9.54. The third-order valence-corrected chi connectivity index (χ3v) is 23.4. The number of carbonyl (C=O) groups excluding carboxylic acids is 6. The zero-order chi connectivity index (χ0) is 83.7. The van der Waals surface area contributed by atoms with Gasteiger partial charge in [0.25, 0.3) is 0 Å². The van der Waals surface area contributed by atoms with Gasteiger partial charge in [-0.1, -0.05) is 155 Å². The zero-order valence-corrected chi connectivity index (χ0v) is 71.6. The van der Waals surface area contributed by atoms with Crippen molar-refractivity contribution in [3.05, 3.63) is 35.4 Å². The second-order valence-corrected chi connectivity index (χ2v) is 36.9. The van der Waals surface area contributed by atoms with Crippen LogP contribution in [0.4, 0.5) is 39.5 Å². The average molecular weight is 1540 g/mol. The van der Waals surface area contributed by atoms with E-state index < -0.39 is 72.0 Å². The van der Waals surface area contributed by atoms with Crippen LogP contribution < -0.4 is 0 Å². The van der Waals surface area contributed by atoms with Crippen molar-refractivity contribution >= 4 is 35.8 Å². The molecule has 5 atom stereocenters. The second kappa shape index (κ2) is 43.4. The number of carbonyl (C=O) groups is 6. The molecule has 6 aliphatic rings. The van der Waals surface area contributed by atoms with Gasteiger partial charge in [0, 0.05) is 0 Å². The molecule has 0 aliphatic heterocycles. The first kappa shape index (κ1) is 102. The van der Waals surface area contributed by atoms with E-state index in [2.05, 4.69) is 122 Å². The highest BCUT2D eigenvalue weighted by atomic mass is 19.4.